The highest BCUT2D eigenvalue weighted by molar-refractivity contribution is 6.31. The number of anilines is 1. The number of aryl methyl sites for hydroxylation is 1. The molecule has 8 heteroatoms. The lowest BCUT2D eigenvalue weighted by molar-refractivity contribution is -0.119. The second kappa shape index (κ2) is 7.25. The number of amides is 1. The van der Waals surface area contributed by atoms with Gasteiger partial charge in [0.1, 0.15) is 23.3 Å². The molecule has 0 saturated heterocycles. The standard InChI is InChI=1S/C21H18ClN3O4/c1-12-4-6-17-14(8-12)20-15(21(27)29-17)10-23-25(20)11-19(26)24(2)16-9-13(22)5-7-18(16)28-3/h4-10H,11H2,1-3H3. The van der Waals surface area contributed by atoms with Crippen LogP contribution < -0.4 is 15.3 Å². The summed E-state index contributed by atoms with van der Waals surface area (Å²) in [6, 6.07) is 10.6. The van der Waals surface area contributed by atoms with Crippen molar-refractivity contribution >= 4 is 45.1 Å². The molecule has 2 aromatic heterocycles. The molecule has 0 spiro atoms. The third-order valence-electron chi connectivity index (χ3n) is 4.81. The number of hydrogen-bond acceptors (Lipinski definition) is 5. The van der Waals surface area contributed by atoms with Gasteiger partial charge in [0.05, 0.1) is 24.5 Å². The average Bonchev–Trinajstić information content (AvgIpc) is 3.12. The van der Waals surface area contributed by atoms with Crippen molar-refractivity contribution < 1.29 is 13.9 Å². The Morgan fingerprint density at radius 3 is 2.79 bits per heavy atom. The zero-order chi connectivity index (χ0) is 20.7. The quantitative estimate of drug-likeness (QED) is 0.477. The lowest BCUT2D eigenvalue weighted by atomic mass is 10.1. The molecule has 0 saturated carbocycles. The third kappa shape index (κ3) is 3.34. The number of rotatable bonds is 4. The van der Waals surface area contributed by atoms with Crippen LogP contribution in [0.4, 0.5) is 5.69 Å². The maximum absolute atomic E-state index is 13.0. The van der Waals surface area contributed by atoms with Gasteiger partial charge in [0.15, 0.2) is 0 Å². The Hall–Kier alpha value is -3.32. The lowest BCUT2D eigenvalue weighted by Crippen LogP contribution is -2.30. The molecule has 0 aliphatic heterocycles. The molecule has 2 aromatic carbocycles. The van der Waals surface area contributed by atoms with Gasteiger partial charge in [-0.2, -0.15) is 5.10 Å². The van der Waals surface area contributed by atoms with Crippen LogP contribution in [0, 0.1) is 6.92 Å². The number of carbonyl (C=O) groups is 1. The van der Waals surface area contributed by atoms with E-state index in [0.717, 1.165) is 10.9 Å². The van der Waals surface area contributed by atoms with E-state index in [-0.39, 0.29) is 12.5 Å². The topological polar surface area (TPSA) is 77.6 Å². The van der Waals surface area contributed by atoms with Crippen LogP contribution >= 0.6 is 11.6 Å². The molecule has 2 heterocycles. The first-order chi connectivity index (χ1) is 13.9. The number of aromatic nitrogens is 2. The fraction of sp³-hybridized carbons (Fsp3) is 0.190. The van der Waals surface area contributed by atoms with Crippen LogP contribution in [-0.4, -0.2) is 29.8 Å². The number of hydrogen-bond donors (Lipinski definition) is 0. The number of likely N-dealkylation sites (N-methyl/N-ethyl adjacent to an activating group) is 1. The van der Waals surface area contributed by atoms with E-state index in [4.69, 9.17) is 20.8 Å². The molecule has 148 valence electrons. The van der Waals surface area contributed by atoms with Crippen molar-refractivity contribution in [1.29, 1.82) is 0 Å². The van der Waals surface area contributed by atoms with E-state index in [1.54, 1.807) is 31.3 Å². The fourth-order valence-corrected chi connectivity index (χ4v) is 3.47. The molecule has 29 heavy (non-hydrogen) atoms. The molecule has 0 fully saturated rings. The predicted molar refractivity (Wildman–Crippen MR) is 112 cm³/mol. The van der Waals surface area contributed by atoms with Crippen molar-refractivity contribution in [3.63, 3.8) is 0 Å². The SMILES string of the molecule is COc1ccc(Cl)cc1N(C)C(=O)Cn1ncc2c(=O)oc3ccc(C)cc3c21. The number of carbonyl (C=O) groups excluding carboxylic acids is 1. The molecule has 7 nitrogen and oxygen atoms in total. The smallest absolute Gasteiger partial charge is 0.347 e. The number of ether oxygens (including phenoxy) is 1. The van der Waals surface area contributed by atoms with Gasteiger partial charge >= 0.3 is 5.63 Å². The summed E-state index contributed by atoms with van der Waals surface area (Å²) in [7, 11) is 3.17. The molecular weight excluding hydrogens is 394 g/mol. The van der Waals surface area contributed by atoms with Crippen LogP contribution in [0.25, 0.3) is 21.9 Å². The van der Waals surface area contributed by atoms with Crippen molar-refractivity contribution in [3.05, 3.63) is 63.6 Å². The van der Waals surface area contributed by atoms with Gasteiger partial charge in [-0.3, -0.25) is 9.48 Å². The molecule has 4 rings (SSSR count). The average molecular weight is 412 g/mol. The van der Waals surface area contributed by atoms with Gasteiger partial charge in [-0.15, -0.1) is 0 Å². The Morgan fingerprint density at radius 2 is 2.03 bits per heavy atom. The molecule has 0 atom stereocenters. The summed E-state index contributed by atoms with van der Waals surface area (Å²) in [6.45, 7) is 1.88. The van der Waals surface area contributed by atoms with Gasteiger partial charge < -0.3 is 14.1 Å². The molecule has 0 aliphatic rings. The lowest BCUT2D eigenvalue weighted by Gasteiger charge is -2.20. The Morgan fingerprint density at radius 1 is 1.24 bits per heavy atom. The maximum atomic E-state index is 13.0. The zero-order valence-electron chi connectivity index (χ0n) is 16.1. The Balaban J connectivity index is 1.78. The van der Waals surface area contributed by atoms with E-state index >= 15 is 0 Å². The summed E-state index contributed by atoms with van der Waals surface area (Å²) >= 11 is 6.08. The van der Waals surface area contributed by atoms with Gasteiger partial charge in [0.2, 0.25) is 5.91 Å². The van der Waals surface area contributed by atoms with Gasteiger partial charge in [-0.25, -0.2) is 4.79 Å². The van der Waals surface area contributed by atoms with Crippen LogP contribution in [0.5, 0.6) is 5.75 Å². The van der Waals surface area contributed by atoms with Gasteiger partial charge in [-0.05, 0) is 37.3 Å². The number of benzene rings is 2. The largest absolute Gasteiger partial charge is 0.495 e. The normalized spacial score (nSPS) is 11.2. The summed E-state index contributed by atoms with van der Waals surface area (Å²) in [5.41, 5.74) is 2.08. The van der Waals surface area contributed by atoms with E-state index in [1.165, 1.54) is 22.9 Å². The van der Waals surface area contributed by atoms with E-state index in [2.05, 4.69) is 5.10 Å². The van der Waals surface area contributed by atoms with Crippen molar-refractivity contribution in [1.82, 2.24) is 9.78 Å². The summed E-state index contributed by atoms with van der Waals surface area (Å²) in [5, 5.41) is 5.82. The molecule has 0 aliphatic carbocycles. The molecule has 1 amide bonds. The Labute approximate surface area is 171 Å². The Bertz CT molecular complexity index is 1310. The monoisotopic (exact) mass is 411 g/mol. The van der Waals surface area contributed by atoms with E-state index in [9.17, 15) is 9.59 Å². The minimum Gasteiger partial charge on any atom is -0.495 e. The first-order valence-corrected chi connectivity index (χ1v) is 9.26. The zero-order valence-corrected chi connectivity index (χ0v) is 16.9. The van der Waals surface area contributed by atoms with Gasteiger partial charge in [0.25, 0.3) is 0 Å². The number of fused-ring (bicyclic) bond motifs is 3. The molecule has 0 unspecified atom stereocenters. The molecule has 0 radical (unpaired) electrons. The van der Waals surface area contributed by atoms with Gasteiger partial charge in [0, 0.05) is 17.5 Å². The number of halogens is 1. The van der Waals surface area contributed by atoms with Crippen molar-refractivity contribution in [2.75, 3.05) is 19.1 Å². The third-order valence-corrected chi connectivity index (χ3v) is 5.05. The number of methoxy groups -OCH3 is 1. The van der Waals surface area contributed by atoms with Gasteiger partial charge in [-0.1, -0.05) is 23.2 Å². The van der Waals surface area contributed by atoms with Crippen LogP contribution in [0.3, 0.4) is 0 Å². The van der Waals surface area contributed by atoms with E-state index in [1.807, 2.05) is 19.1 Å². The first kappa shape index (κ1) is 19.0. The van der Waals surface area contributed by atoms with Crippen LogP contribution in [0.2, 0.25) is 5.02 Å². The Kier molecular flexibility index (Phi) is 4.76. The molecular formula is C21H18ClN3O4. The fourth-order valence-electron chi connectivity index (χ4n) is 3.31. The second-order valence-corrected chi connectivity index (χ2v) is 7.16. The summed E-state index contributed by atoms with van der Waals surface area (Å²) in [4.78, 5) is 26.7. The highest BCUT2D eigenvalue weighted by Crippen LogP contribution is 2.31. The van der Waals surface area contributed by atoms with E-state index in [0.29, 0.717) is 32.9 Å². The van der Waals surface area contributed by atoms with Crippen molar-refractivity contribution in [2.24, 2.45) is 0 Å². The highest BCUT2D eigenvalue weighted by Gasteiger charge is 2.20. The number of nitrogens with zero attached hydrogens (tertiary/aromatic N) is 3. The summed E-state index contributed by atoms with van der Waals surface area (Å²) in [6.07, 6.45) is 1.43. The summed E-state index contributed by atoms with van der Waals surface area (Å²) in [5.74, 6) is 0.280. The molecule has 4 aromatic rings. The van der Waals surface area contributed by atoms with Crippen molar-refractivity contribution in [2.45, 2.75) is 13.5 Å². The predicted octanol–water partition coefficient (Wildman–Crippen LogP) is 3.78. The molecule has 0 bridgehead atoms. The van der Waals surface area contributed by atoms with Crippen LogP contribution in [0.1, 0.15) is 5.56 Å². The van der Waals surface area contributed by atoms with E-state index < -0.39 is 5.63 Å². The highest BCUT2D eigenvalue weighted by atomic mass is 35.5. The summed E-state index contributed by atoms with van der Waals surface area (Å²) < 4.78 is 12.2. The second-order valence-electron chi connectivity index (χ2n) is 6.72. The first-order valence-electron chi connectivity index (χ1n) is 8.88. The minimum absolute atomic E-state index is 0.0673. The van der Waals surface area contributed by atoms with Crippen LogP contribution in [0.15, 0.2) is 51.8 Å². The molecule has 0 N–H and O–H groups in total. The van der Waals surface area contributed by atoms with Crippen LogP contribution in [-0.2, 0) is 11.3 Å². The maximum Gasteiger partial charge on any atom is 0.347 e. The minimum atomic E-state index is -0.486. The van der Waals surface area contributed by atoms with Crippen molar-refractivity contribution in [3.8, 4) is 5.75 Å².